The van der Waals surface area contributed by atoms with Crippen LogP contribution in [0.2, 0.25) is 0 Å². The van der Waals surface area contributed by atoms with Crippen LogP contribution in [0.3, 0.4) is 0 Å². The first-order valence-corrected chi connectivity index (χ1v) is 6.38. The monoisotopic (exact) mass is 212 g/mol. The molecule has 0 aliphatic carbocycles. The van der Waals surface area contributed by atoms with E-state index in [1.807, 2.05) is 0 Å². The number of likely N-dealkylation sites (N-methyl/N-ethyl adjacent to an activating group) is 1. The molecule has 2 fully saturated rings. The number of rotatable bonds is 4. The second-order valence-corrected chi connectivity index (χ2v) is 4.85. The molecule has 3 nitrogen and oxygen atoms in total. The Morgan fingerprint density at radius 3 is 3.13 bits per heavy atom. The van der Waals surface area contributed by atoms with Crippen molar-refractivity contribution in [1.29, 1.82) is 0 Å². The minimum Gasteiger partial charge on any atom is -0.374 e. The average Bonchev–Trinajstić information content (AvgIpc) is 2.72. The fourth-order valence-electron chi connectivity index (χ4n) is 2.91. The van der Waals surface area contributed by atoms with Crippen LogP contribution in [-0.4, -0.2) is 49.8 Å². The highest BCUT2D eigenvalue weighted by Gasteiger charge is 2.34. The normalized spacial score (nSPS) is 34.0. The second-order valence-electron chi connectivity index (χ2n) is 4.85. The van der Waals surface area contributed by atoms with E-state index in [9.17, 15) is 0 Å². The van der Waals surface area contributed by atoms with Crippen molar-refractivity contribution >= 4 is 0 Å². The Labute approximate surface area is 93.2 Å². The van der Waals surface area contributed by atoms with E-state index in [-0.39, 0.29) is 0 Å². The number of nitrogens with one attached hydrogen (secondary N) is 1. The Bertz CT molecular complexity index is 198. The molecule has 0 bridgehead atoms. The van der Waals surface area contributed by atoms with Crippen molar-refractivity contribution in [3.05, 3.63) is 0 Å². The molecule has 3 heteroatoms. The molecule has 15 heavy (non-hydrogen) atoms. The van der Waals surface area contributed by atoms with Crippen molar-refractivity contribution in [2.45, 2.75) is 50.8 Å². The van der Waals surface area contributed by atoms with Crippen LogP contribution in [-0.2, 0) is 4.74 Å². The predicted molar refractivity (Wildman–Crippen MR) is 62.1 cm³/mol. The first-order valence-electron chi connectivity index (χ1n) is 6.38. The molecule has 3 atom stereocenters. The van der Waals surface area contributed by atoms with E-state index in [1.165, 1.54) is 32.2 Å². The van der Waals surface area contributed by atoms with Gasteiger partial charge in [-0.2, -0.15) is 0 Å². The van der Waals surface area contributed by atoms with Crippen molar-refractivity contribution in [2.75, 3.05) is 26.7 Å². The zero-order chi connectivity index (χ0) is 10.7. The maximum absolute atomic E-state index is 5.99. The average molecular weight is 212 g/mol. The van der Waals surface area contributed by atoms with E-state index in [4.69, 9.17) is 4.74 Å². The first-order chi connectivity index (χ1) is 7.35. The summed E-state index contributed by atoms with van der Waals surface area (Å²) in [5.74, 6) is 0. The second kappa shape index (κ2) is 5.28. The molecule has 1 N–H and O–H groups in total. The molecule has 0 radical (unpaired) electrons. The van der Waals surface area contributed by atoms with E-state index >= 15 is 0 Å². The molecule has 2 aliphatic heterocycles. The Morgan fingerprint density at radius 1 is 1.53 bits per heavy atom. The van der Waals surface area contributed by atoms with Crippen molar-refractivity contribution in [2.24, 2.45) is 0 Å². The quantitative estimate of drug-likeness (QED) is 0.759. The summed E-state index contributed by atoms with van der Waals surface area (Å²) in [4.78, 5) is 2.62. The minimum absolute atomic E-state index is 0.407. The van der Waals surface area contributed by atoms with Gasteiger partial charge in [0.25, 0.3) is 0 Å². The van der Waals surface area contributed by atoms with Gasteiger partial charge in [0.05, 0.1) is 12.7 Å². The Morgan fingerprint density at radius 2 is 2.40 bits per heavy atom. The van der Waals surface area contributed by atoms with Gasteiger partial charge in [-0.25, -0.2) is 0 Å². The molecule has 2 aliphatic rings. The van der Waals surface area contributed by atoms with E-state index in [2.05, 4.69) is 24.2 Å². The van der Waals surface area contributed by atoms with Crippen LogP contribution >= 0.6 is 0 Å². The minimum atomic E-state index is 0.407. The molecule has 88 valence electrons. The SMILES string of the molecule is CCCC(NC)C1CN2CCCC2CO1. The van der Waals surface area contributed by atoms with Gasteiger partial charge in [-0.15, -0.1) is 0 Å². The van der Waals surface area contributed by atoms with Gasteiger partial charge < -0.3 is 10.1 Å². The third-order valence-electron chi connectivity index (χ3n) is 3.84. The van der Waals surface area contributed by atoms with Gasteiger partial charge in [-0.3, -0.25) is 4.90 Å². The lowest BCUT2D eigenvalue weighted by molar-refractivity contribution is -0.0646. The van der Waals surface area contributed by atoms with Crippen LogP contribution in [0, 0.1) is 0 Å². The van der Waals surface area contributed by atoms with E-state index in [0.717, 1.165) is 19.2 Å². The van der Waals surface area contributed by atoms with Crippen LogP contribution in [0.4, 0.5) is 0 Å². The molecule has 0 aromatic heterocycles. The van der Waals surface area contributed by atoms with Crippen molar-refractivity contribution < 1.29 is 4.74 Å². The third-order valence-corrected chi connectivity index (χ3v) is 3.84. The molecule has 0 amide bonds. The fourth-order valence-corrected chi connectivity index (χ4v) is 2.91. The third kappa shape index (κ3) is 2.52. The van der Waals surface area contributed by atoms with Gasteiger partial charge in [0.2, 0.25) is 0 Å². The smallest absolute Gasteiger partial charge is 0.0855 e. The molecule has 0 spiro atoms. The number of fused-ring (bicyclic) bond motifs is 1. The lowest BCUT2D eigenvalue weighted by Crippen LogP contribution is -2.53. The Hall–Kier alpha value is -0.120. The standard InChI is InChI=1S/C12H24N2O/c1-3-5-11(13-2)12-8-14-7-4-6-10(14)9-15-12/h10-13H,3-9H2,1-2H3. The largest absolute Gasteiger partial charge is 0.374 e. The van der Waals surface area contributed by atoms with Gasteiger partial charge in [0.15, 0.2) is 0 Å². The van der Waals surface area contributed by atoms with Gasteiger partial charge in [-0.05, 0) is 32.9 Å². The van der Waals surface area contributed by atoms with Crippen LogP contribution < -0.4 is 5.32 Å². The van der Waals surface area contributed by atoms with E-state index < -0.39 is 0 Å². The fraction of sp³-hybridized carbons (Fsp3) is 1.00. The summed E-state index contributed by atoms with van der Waals surface area (Å²) < 4.78 is 5.99. The van der Waals surface area contributed by atoms with Gasteiger partial charge in [0, 0.05) is 18.6 Å². The van der Waals surface area contributed by atoms with Gasteiger partial charge >= 0.3 is 0 Å². The molecule has 3 unspecified atom stereocenters. The summed E-state index contributed by atoms with van der Waals surface area (Å²) in [6, 6.07) is 1.26. The van der Waals surface area contributed by atoms with Crippen LogP contribution in [0.25, 0.3) is 0 Å². The van der Waals surface area contributed by atoms with Crippen molar-refractivity contribution in [1.82, 2.24) is 10.2 Å². The summed E-state index contributed by atoms with van der Waals surface area (Å²) in [6.07, 6.45) is 5.56. The summed E-state index contributed by atoms with van der Waals surface area (Å²) >= 11 is 0. The highest BCUT2D eigenvalue weighted by Crippen LogP contribution is 2.24. The Balaban J connectivity index is 1.87. The maximum Gasteiger partial charge on any atom is 0.0855 e. The lowest BCUT2D eigenvalue weighted by atomic mass is 10.0. The predicted octanol–water partition coefficient (Wildman–Crippen LogP) is 1.24. The number of hydrogen-bond acceptors (Lipinski definition) is 3. The highest BCUT2D eigenvalue weighted by atomic mass is 16.5. The van der Waals surface area contributed by atoms with Crippen LogP contribution in [0.15, 0.2) is 0 Å². The summed E-state index contributed by atoms with van der Waals surface area (Å²) in [5.41, 5.74) is 0. The number of hydrogen-bond donors (Lipinski definition) is 1. The van der Waals surface area contributed by atoms with Crippen LogP contribution in [0.5, 0.6) is 0 Å². The number of nitrogens with zero attached hydrogens (tertiary/aromatic N) is 1. The summed E-state index contributed by atoms with van der Waals surface area (Å²) in [5, 5.41) is 3.40. The molecular weight excluding hydrogens is 188 g/mol. The molecule has 0 saturated carbocycles. The molecule has 0 aromatic carbocycles. The number of ether oxygens (including phenoxy) is 1. The summed E-state index contributed by atoms with van der Waals surface area (Å²) in [7, 11) is 2.06. The molecular formula is C12H24N2O. The van der Waals surface area contributed by atoms with Crippen molar-refractivity contribution in [3.8, 4) is 0 Å². The summed E-state index contributed by atoms with van der Waals surface area (Å²) in [6.45, 7) is 5.61. The molecule has 0 aromatic rings. The van der Waals surface area contributed by atoms with E-state index in [0.29, 0.717) is 12.1 Å². The van der Waals surface area contributed by atoms with Gasteiger partial charge in [0.1, 0.15) is 0 Å². The topological polar surface area (TPSA) is 24.5 Å². The highest BCUT2D eigenvalue weighted by molar-refractivity contribution is 4.89. The zero-order valence-corrected chi connectivity index (χ0v) is 10.0. The Kier molecular flexibility index (Phi) is 4.00. The molecule has 2 saturated heterocycles. The van der Waals surface area contributed by atoms with Crippen molar-refractivity contribution in [3.63, 3.8) is 0 Å². The van der Waals surface area contributed by atoms with E-state index in [1.54, 1.807) is 0 Å². The zero-order valence-electron chi connectivity index (χ0n) is 10.0. The molecule has 2 rings (SSSR count). The van der Waals surface area contributed by atoms with Gasteiger partial charge in [-0.1, -0.05) is 13.3 Å². The maximum atomic E-state index is 5.99. The number of morpholine rings is 1. The molecule has 2 heterocycles. The lowest BCUT2D eigenvalue weighted by Gasteiger charge is -2.38. The van der Waals surface area contributed by atoms with Crippen LogP contribution in [0.1, 0.15) is 32.6 Å². The first kappa shape index (κ1) is 11.4.